The van der Waals surface area contributed by atoms with Crippen LogP contribution >= 0.6 is 11.6 Å². The minimum absolute atomic E-state index is 0.0797. The minimum atomic E-state index is -1.04. The number of pyridine rings is 1. The summed E-state index contributed by atoms with van der Waals surface area (Å²) in [5.74, 6) is -0.535. The zero-order chi connectivity index (χ0) is 13.4. The quantitative estimate of drug-likeness (QED) is 0.914. The third kappa shape index (κ3) is 1.94. The van der Waals surface area contributed by atoms with Gasteiger partial charge in [-0.3, -0.25) is 0 Å². The van der Waals surface area contributed by atoms with E-state index in [0.29, 0.717) is 5.82 Å². The van der Waals surface area contributed by atoms with E-state index < -0.39 is 5.97 Å². The molecule has 1 N–H and O–H groups in total. The van der Waals surface area contributed by atoms with E-state index in [-0.39, 0.29) is 10.6 Å². The Bertz CT molecular complexity index is 658. The molecule has 2 heterocycles. The van der Waals surface area contributed by atoms with Crippen molar-refractivity contribution >= 4 is 29.1 Å². The maximum Gasteiger partial charge on any atom is 0.337 e. The standard InChI is InChI=1S/C14H11ClN2O2/c15-12-10(14(18)19)5-7-16-13(12)17-8-6-9-3-1-2-4-11(9)17/h1-5,7H,6,8H2,(H,18,19). The normalized spacial score (nSPS) is 13.4. The van der Waals surface area contributed by atoms with Crippen molar-refractivity contribution < 1.29 is 9.90 Å². The SMILES string of the molecule is O=C(O)c1ccnc(N2CCc3ccccc32)c1Cl. The topological polar surface area (TPSA) is 53.4 Å². The molecule has 0 unspecified atom stereocenters. The van der Waals surface area contributed by atoms with E-state index in [1.807, 2.05) is 23.1 Å². The van der Waals surface area contributed by atoms with E-state index in [1.165, 1.54) is 17.8 Å². The summed E-state index contributed by atoms with van der Waals surface area (Å²) in [4.78, 5) is 17.3. The van der Waals surface area contributed by atoms with Gasteiger partial charge in [-0.25, -0.2) is 9.78 Å². The van der Waals surface area contributed by atoms with E-state index >= 15 is 0 Å². The van der Waals surface area contributed by atoms with Gasteiger partial charge in [0.1, 0.15) is 0 Å². The molecule has 3 rings (SSSR count). The zero-order valence-electron chi connectivity index (χ0n) is 10.0. The van der Waals surface area contributed by atoms with E-state index in [4.69, 9.17) is 16.7 Å². The molecule has 0 spiro atoms. The van der Waals surface area contributed by atoms with Crippen LogP contribution in [0.1, 0.15) is 15.9 Å². The molecule has 1 aromatic heterocycles. The van der Waals surface area contributed by atoms with Gasteiger partial charge in [0.05, 0.1) is 10.6 Å². The number of hydrogen-bond acceptors (Lipinski definition) is 3. The monoisotopic (exact) mass is 274 g/mol. The van der Waals surface area contributed by atoms with Crippen LogP contribution in [-0.2, 0) is 6.42 Å². The third-order valence-electron chi connectivity index (χ3n) is 3.24. The molecule has 0 aliphatic carbocycles. The lowest BCUT2D eigenvalue weighted by atomic mass is 10.2. The maximum atomic E-state index is 11.1. The van der Waals surface area contributed by atoms with Crippen molar-refractivity contribution in [3.63, 3.8) is 0 Å². The van der Waals surface area contributed by atoms with E-state index in [0.717, 1.165) is 18.7 Å². The van der Waals surface area contributed by atoms with Gasteiger partial charge in [0.15, 0.2) is 5.82 Å². The van der Waals surface area contributed by atoms with Crippen molar-refractivity contribution in [3.8, 4) is 0 Å². The highest BCUT2D eigenvalue weighted by Crippen LogP contribution is 2.37. The van der Waals surface area contributed by atoms with Crippen molar-refractivity contribution in [1.82, 2.24) is 4.98 Å². The van der Waals surface area contributed by atoms with E-state index in [9.17, 15) is 4.79 Å². The van der Waals surface area contributed by atoms with Gasteiger partial charge < -0.3 is 10.0 Å². The predicted octanol–water partition coefficient (Wildman–Crippen LogP) is 3.13. The molecule has 4 nitrogen and oxygen atoms in total. The van der Waals surface area contributed by atoms with Crippen LogP contribution < -0.4 is 4.90 Å². The lowest BCUT2D eigenvalue weighted by molar-refractivity contribution is 0.0697. The number of carboxylic acids is 1. The smallest absolute Gasteiger partial charge is 0.337 e. The van der Waals surface area contributed by atoms with Crippen molar-refractivity contribution in [2.75, 3.05) is 11.4 Å². The van der Waals surface area contributed by atoms with Crippen LogP contribution in [0.25, 0.3) is 0 Å². The number of halogens is 1. The Labute approximate surface area is 115 Å². The molecule has 1 aliphatic rings. The van der Waals surface area contributed by atoms with Crippen LogP contribution in [0, 0.1) is 0 Å². The molecule has 0 fully saturated rings. The molecular formula is C14H11ClN2O2. The Morgan fingerprint density at radius 3 is 2.89 bits per heavy atom. The Hall–Kier alpha value is -2.07. The zero-order valence-corrected chi connectivity index (χ0v) is 10.8. The molecule has 0 saturated heterocycles. The number of aromatic carboxylic acids is 1. The average molecular weight is 275 g/mol. The van der Waals surface area contributed by atoms with Crippen molar-refractivity contribution in [2.45, 2.75) is 6.42 Å². The molecule has 0 radical (unpaired) electrons. The molecule has 19 heavy (non-hydrogen) atoms. The predicted molar refractivity (Wildman–Crippen MR) is 73.4 cm³/mol. The molecule has 5 heteroatoms. The van der Waals surface area contributed by atoms with E-state index in [2.05, 4.69) is 11.1 Å². The van der Waals surface area contributed by atoms with Gasteiger partial charge in [0.2, 0.25) is 0 Å². The van der Waals surface area contributed by atoms with Crippen molar-refractivity contribution in [2.24, 2.45) is 0 Å². The second-order valence-corrected chi connectivity index (χ2v) is 4.71. The van der Waals surface area contributed by atoms with Gasteiger partial charge in [-0.05, 0) is 24.1 Å². The van der Waals surface area contributed by atoms with Gasteiger partial charge >= 0.3 is 5.97 Å². The van der Waals surface area contributed by atoms with Gasteiger partial charge in [-0.15, -0.1) is 0 Å². The average Bonchev–Trinajstić information content (AvgIpc) is 2.82. The Morgan fingerprint density at radius 2 is 2.11 bits per heavy atom. The number of rotatable bonds is 2. The van der Waals surface area contributed by atoms with Crippen LogP contribution in [0.4, 0.5) is 11.5 Å². The summed E-state index contributed by atoms with van der Waals surface area (Å²) in [6.45, 7) is 0.759. The largest absolute Gasteiger partial charge is 0.478 e. The number of hydrogen-bond donors (Lipinski definition) is 1. The van der Waals surface area contributed by atoms with Crippen molar-refractivity contribution in [1.29, 1.82) is 0 Å². The second kappa shape index (κ2) is 4.55. The van der Waals surface area contributed by atoms with Crippen LogP contribution in [0.2, 0.25) is 5.02 Å². The molecule has 0 atom stereocenters. The number of benzene rings is 1. The number of nitrogens with zero attached hydrogens (tertiary/aromatic N) is 2. The summed E-state index contributed by atoms with van der Waals surface area (Å²) in [6.07, 6.45) is 2.39. The van der Waals surface area contributed by atoms with Crippen LogP contribution in [0.5, 0.6) is 0 Å². The Kier molecular flexibility index (Phi) is 2.87. The lowest BCUT2D eigenvalue weighted by Gasteiger charge is -2.20. The first-order valence-electron chi connectivity index (χ1n) is 5.91. The number of fused-ring (bicyclic) bond motifs is 1. The molecular weight excluding hydrogens is 264 g/mol. The number of carboxylic acid groups (broad SMARTS) is 1. The van der Waals surface area contributed by atoms with E-state index in [1.54, 1.807) is 0 Å². The minimum Gasteiger partial charge on any atom is -0.478 e. The highest BCUT2D eigenvalue weighted by molar-refractivity contribution is 6.36. The summed E-state index contributed by atoms with van der Waals surface area (Å²) >= 11 is 6.17. The third-order valence-corrected chi connectivity index (χ3v) is 3.62. The molecule has 0 saturated carbocycles. The molecule has 1 aromatic carbocycles. The first-order valence-corrected chi connectivity index (χ1v) is 6.29. The van der Waals surface area contributed by atoms with Crippen LogP contribution in [0.15, 0.2) is 36.5 Å². The summed E-state index contributed by atoms with van der Waals surface area (Å²) in [6, 6.07) is 9.41. The fourth-order valence-electron chi connectivity index (χ4n) is 2.34. The van der Waals surface area contributed by atoms with Crippen LogP contribution in [-0.4, -0.2) is 22.6 Å². The highest BCUT2D eigenvalue weighted by atomic mass is 35.5. The lowest BCUT2D eigenvalue weighted by Crippen LogP contribution is -2.16. The summed E-state index contributed by atoms with van der Waals surface area (Å²) in [5.41, 5.74) is 2.34. The summed E-state index contributed by atoms with van der Waals surface area (Å²) < 4.78 is 0. The maximum absolute atomic E-state index is 11.1. The van der Waals surface area contributed by atoms with Crippen molar-refractivity contribution in [3.05, 3.63) is 52.7 Å². The summed E-state index contributed by atoms with van der Waals surface area (Å²) in [5, 5.41) is 9.28. The highest BCUT2D eigenvalue weighted by Gasteiger charge is 2.24. The number of carbonyl (C=O) groups is 1. The number of aromatic nitrogens is 1. The van der Waals surface area contributed by atoms with Gasteiger partial charge in [-0.1, -0.05) is 29.8 Å². The van der Waals surface area contributed by atoms with Gasteiger partial charge in [0, 0.05) is 18.4 Å². The number of para-hydroxylation sites is 1. The molecule has 96 valence electrons. The summed E-state index contributed by atoms with van der Waals surface area (Å²) in [7, 11) is 0. The fraction of sp³-hybridized carbons (Fsp3) is 0.143. The van der Waals surface area contributed by atoms with Gasteiger partial charge in [0.25, 0.3) is 0 Å². The Morgan fingerprint density at radius 1 is 1.32 bits per heavy atom. The molecule has 0 amide bonds. The molecule has 0 bridgehead atoms. The Balaban J connectivity index is 2.10. The second-order valence-electron chi connectivity index (χ2n) is 4.33. The van der Waals surface area contributed by atoms with Crippen LogP contribution in [0.3, 0.4) is 0 Å². The first kappa shape index (κ1) is 12.0. The fourth-order valence-corrected chi connectivity index (χ4v) is 2.64. The molecule has 1 aliphatic heterocycles. The number of anilines is 2. The van der Waals surface area contributed by atoms with Gasteiger partial charge in [-0.2, -0.15) is 0 Å². The molecule has 2 aromatic rings. The first-order chi connectivity index (χ1) is 9.18.